The summed E-state index contributed by atoms with van der Waals surface area (Å²) in [5.74, 6) is 0.734. The normalized spacial score (nSPS) is 22.5. The predicted molar refractivity (Wildman–Crippen MR) is 217 cm³/mol. The molecule has 20 heteroatoms. The quantitative estimate of drug-likeness (QED) is 0.154. The van der Waals surface area contributed by atoms with Crippen LogP contribution in [-0.4, -0.2) is 79.6 Å². The Morgan fingerprint density at radius 3 is 1.44 bits per heavy atom. The van der Waals surface area contributed by atoms with Gasteiger partial charge < -0.3 is 5.11 Å². The summed E-state index contributed by atoms with van der Waals surface area (Å²) in [6.07, 6.45) is 14.7. The van der Waals surface area contributed by atoms with E-state index in [1.54, 1.807) is 17.1 Å². The number of aliphatic hydroxyl groups excluding tert-OH is 1. The molecule has 0 unspecified atom stereocenters. The molecule has 2 N–H and O–H groups in total. The highest BCUT2D eigenvalue weighted by Gasteiger charge is 2.41. The molecule has 4 heterocycles. The number of carbonyl (C=O) groups excluding carboxylic acids is 2. The number of alkyl halides is 4. The molecule has 0 amide bonds. The van der Waals surface area contributed by atoms with Crippen LogP contribution in [0.3, 0.4) is 0 Å². The zero-order valence-electron chi connectivity index (χ0n) is 25.6. The van der Waals surface area contributed by atoms with Crippen molar-refractivity contribution in [2.75, 3.05) is 0 Å². The van der Waals surface area contributed by atoms with E-state index in [2.05, 4.69) is 137 Å². The Bertz CT molecular complexity index is 1610. The van der Waals surface area contributed by atoms with Crippen molar-refractivity contribution in [2.24, 2.45) is 0 Å². The van der Waals surface area contributed by atoms with Crippen LogP contribution in [0.1, 0.15) is 76.9 Å². The Morgan fingerprint density at radius 1 is 0.740 bits per heavy atom. The topological polar surface area (TPSA) is 146 Å². The summed E-state index contributed by atoms with van der Waals surface area (Å²) >= 11 is 12.0. The van der Waals surface area contributed by atoms with Crippen LogP contribution in [0.2, 0.25) is 0 Å². The zero-order chi connectivity index (χ0) is 35.7. The average Bonchev–Trinajstić information content (AvgIpc) is 3.78. The van der Waals surface area contributed by atoms with Crippen molar-refractivity contribution in [3.63, 3.8) is 0 Å². The average molecular weight is 1220 g/mol. The second-order valence-electron chi connectivity index (χ2n) is 11.6. The van der Waals surface area contributed by atoms with Crippen molar-refractivity contribution >= 4 is 118 Å². The fraction of sp³-hybridized carbons (Fsp3) is 0.533. The number of hydrogen-bond acceptors (Lipinski definition) is 8. The molecule has 4 aliphatic carbocycles. The minimum atomic E-state index is -4.52. The predicted octanol–water partition coefficient (Wildman–Crippen LogP) is 8.07. The maximum atomic E-state index is 11.8. The molecule has 0 bridgehead atoms. The molecule has 50 heavy (non-hydrogen) atoms. The summed E-state index contributed by atoms with van der Waals surface area (Å²) in [4.78, 5) is 21.2. The van der Waals surface area contributed by atoms with Gasteiger partial charge in [0.2, 0.25) is 0 Å². The van der Waals surface area contributed by atoms with Crippen LogP contribution in [0.15, 0.2) is 49.6 Å². The van der Waals surface area contributed by atoms with Crippen molar-refractivity contribution in [3.8, 4) is 0 Å². The van der Waals surface area contributed by atoms with Gasteiger partial charge in [0.1, 0.15) is 11.6 Å². The molecule has 4 aliphatic rings. The van der Waals surface area contributed by atoms with Gasteiger partial charge in [-0.3, -0.25) is 33.5 Å². The van der Waals surface area contributed by atoms with Gasteiger partial charge in [0.15, 0.2) is 0 Å². The molecule has 4 aromatic heterocycles. The second-order valence-corrected chi connectivity index (χ2v) is 17.8. The van der Waals surface area contributed by atoms with Gasteiger partial charge in [0.25, 0.3) is 0 Å². The fourth-order valence-electron chi connectivity index (χ4n) is 4.68. The van der Waals surface area contributed by atoms with E-state index in [0.29, 0.717) is 54.2 Å². The minimum Gasteiger partial charge on any atom is -0.393 e. The van der Waals surface area contributed by atoms with E-state index < -0.39 is 12.5 Å². The first kappa shape index (κ1) is 43.7. The first-order valence-electron chi connectivity index (χ1n) is 15.0. The van der Waals surface area contributed by atoms with Gasteiger partial charge in [0, 0.05) is 55.3 Å². The first-order chi connectivity index (χ1) is 23.1. The fourth-order valence-corrected chi connectivity index (χ4v) is 6.91. The SMILES string of the molecule is C.FC(F)(F)OC1CC(n2cc(I)cn2)C1.Ic1cn[nH]c1.O=C1CC(Br)C1.O=C1CC(n2cc(I)cn2)C1.OC1CC(n2cc(I)cn2)C1. The molecule has 0 aliphatic heterocycles. The lowest BCUT2D eigenvalue weighted by atomic mass is 9.89. The molecule has 0 aromatic carbocycles. The Hall–Kier alpha value is -0.710. The van der Waals surface area contributed by atoms with Gasteiger partial charge in [-0.25, -0.2) is 0 Å². The highest BCUT2D eigenvalue weighted by molar-refractivity contribution is 14.1. The lowest BCUT2D eigenvalue weighted by molar-refractivity contribution is -0.353. The molecular weight excluding hydrogens is 1180 g/mol. The third-order valence-corrected chi connectivity index (χ3v) is 10.5. The number of Topliss-reactive ketones (excluding diaryl/α,β-unsaturated/α-hetero) is 2. The number of nitrogens with zero attached hydrogens (tertiary/aromatic N) is 7. The Labute approximate surface area is 350 Å². The molecule has 4 aromatic rings. The molecular formula is C30H36BrF3I4N8O4. The third kappa shape index (κ3) is 15.0. The lowest BCUT2D eigenvalue weighted by Gasteiger charge is -2.35. The van der Waals surface area contributed by atoms with Gasteiger partial charge in [-0.05, 0) is 116 Å². The maximum absolute atomic E-state index is 11.8. The standard InChI is InChI=1S/C8H8F3IN2O.C7H9IN2O.C7H7IN2O.C4H5BrO.C3H3IN2.CH4/c9-8(10,11)15-7-1-6(2-7)14-4-5(12)3-13-14;2*8-5-3-9-10(4-5)6-1-7(11)2-6;5-3-1-4(6)2-3;4-3-1-5-6-2-3;/h3-4,6-7H,1-2H2;3-4,6-7,11H,1-2H2;3-4,6H,1-2H2;3H,1-2H2;1-2H,(H,5,6);1H4. The van der Waals surface area contributed by atoms with E-state index in [-0.39, 0.29) is 19.6 Å². The van der Waals surface area contributed by atoms with Crippen LogP contribution in [-0.2, 0) is 14.3 Å². The number of hydrogen-bond donors (Lipinski definition) is 2. The first-order valence-corrected chi connectivity index (χ1v) is 20.2. The number of ether oxygens (including phenoxy) is 1. The van der Waals surface area contributed by atoms with E-state index in [1.807, 2.05) is 46.5 Å². The van der Waals surface area contributed by atoms with Crippen LogP contribution in [0, 0.1) is 14.3 Å². The van der Waals surface area contributed by atoms with Crippen molar-refractivity contribution in [3.05, 3.63) is 63.9 Å². The summed E-state index contributed by atoms with van der Waals surface area (Å²) in [6.45, 7) is 0. The van der Waals surface area contributed by atoms with Crippen LogP contribution < -0.4 is 0 Å². The van der Waals surface area contributed by atoms with Gasteiger partial charge in [-0.1, -0.05) is 23.4 Å². The third-order valence-electron chi connectivity index (χ3n) is 7.58. The number of aliphatic hydroxyl groups is 1. The Morgan fingerprint density at radius 2 is 1.18 bits per heavy atom. The molecule has 12 nitrogen and oxygen atoms in total. The second kappa shape index (κ2) is 20.7. The molecule has 4 fully saturated rings. The van der Waals surface area contributed by atoms with Gasteiger partial charge in [-0.2, -0.15) is 20.4 Å². The van der Waals surface area contributed by atoms with Crippen LogP contribution in [0.25, 0.3) is 0 Å². The zero-order valence-corrected chi connectivity index (χ0v) is 35.8. The monoisotopic (exact) mass is 1220 g/mol. The summed E-state index contributed by atoms with van der Waals surface area (Å²) in [6, 6.07) is 0.820. The number of rotatable bonds is 4. The molecule has 4 saturated carbocycles. The maximum Gasteiger partial charge on any atom is 0.522 e. The van der Waals surface area contributed by atoms with E-state index in [1.165, 1.54) is 0 Å². The molecule has 8 rings (SSSR count). The van der Waals surface area contributed by atoms with Gasteiger partial charge in [-0.15, -0.1) is 13.2 Å². The van der Waals surface area contributed by atoms with Crippen LogP contribution >= 0.6 is 106 Å². The van der Waals surface area contributed by atoms with Crippen LogP contribution in [0.4, 0.5) is 13.2 Å². The summed E-state index contributed by atoms with van der Waals surface area (Å²) in [7, 11) is 0. The van der Waals surface area contributed by atoms with E-state index >= 15 is 0 Å². The van der Waals surface area contributed by atoms with Crippen molar-refractivity contribution in [1.82, 2.24) is 39.5 Å². The van der Waals surface area contributed by atoms with E-state index in [0.717, 1.165) is 40.0 Å². The summed E-state index contributed by atoms with van der Waals surface area (Å²) in [5, 5.41) is 27.7. The lowest BCUT2D eigenvalue weighted by Crippen LogP contribution is -2.37. The van der Waals surface area contributed by atoms with Gasteiger partial charge in [0.05, 0.1) is 69.4 Å². The van der Waals surface area contributed by atoms with Crippen molar-refractivity contribution in [1.29, 1.82) is 0 Å². The molecule has 0 radical (unpaired) electrons. The summed E-state index contributed by atoms with van der Waals surface area (Å²) in [5.41, 5.74) is 0. The van der Waals surface area contributed by atoms with Crippen molar-refractivity contribution < 1.29 is 32.6 Å². The largest absolute Gasteiger partial charge is 0.522 e. The Balaban J connectivity index is 0.000000175. The number of aromatic amines is 1. The molecule has 0 spiro atoms. The van der Waals surface area contributed by atoms with Crippen LogP contribution in [0.5, 0.6) is 0 Å². The number of aromatic nitrogens is 8. The molecule has 276 valence electrons. The van der Waals surface area contributed by atoms with E-state index in [9.17, 15) is 22.8 Å². The minimum absolute atomic E-state index is 0. The van der Waals surface area contributed by atoms with Crippen molar-refractivity contribution in [2.45, 2.75) is 100 Å². The van der Waals surface area contributed by atoms with E-state index in [4.69, 9.17) is 5.11 Å². The van der Waals surface area contributed by atoms with Gasteiger partial charge >= 0.3 is 6.36 Å². The highest BCUT2D eigenvalue weighted by atomic mass is 127. The summed E-state index contributed by atoms with van der Waals surface area (Å²) < 4.78 is 49.3. The smallest absolute Gasteiger partial charge is 0.393 e. The molecule has 0 saturated heterocycles. The number of carbonyl (C=O) groups is 2. The molecule has 0 atom stereocenters. The number of H-pyrrole nitrogens is 1. The number of nitrogens with one attached hydrogen (secondary N) is 1. The number of ketones is 2. The number of halogens is 8. The Kier molecular flexibility index (Phi) is 18.1. The highest BCUT2D eigenvalue weighted by Crippen LogP contribution is 2.37.